The van der Waals surface area contributed by atoms with Crippen molar-refractivity contribution in [3.05, 3.63) is 42.0 Å². The van der Waals surface area contributed by atoms with E-state index >= 15 is 0 Å². The van der Waals surface area contributed by atoms with Crippen LogP contribution in [0.25, 0.3) is 0 Å². The number of carbonyl (C=O) groups excluding carboxylic acids is 2. The largest absolute Gasteiger partial charge is 0.378 e. The molecule has 1 aliphatic rings. The fraction of sp³-hybridized carbons (Fsp3) is 0.444. The molecule has 0 N–H and O–H groups in total. The third-order valence-corrected chi connectivity index (χ3v) is 4.56. The fourth-order valence-corrected chi connectivity index (χ4v) is 3.17. The van der Waals surface area contributed by atoms with Crippen LogP contribution in [0.5, 0.6) is 0 Å². The zero-order valence-corrected chi connectivity index (χ0v) is 14.8. The molecule has 0 spiro atoms. The Labute approximate surface area is 147 Å². The third-order valence-electron chi connectivity index (χ3n) is 4.56. The number of aryl methyl sites for hydroxylation is 1. The molecule has 7 heteroatoms. The van der Waals surface area contributed by atoms with Crippen molar-refractivity contribution in [3.63, 3.8) is 0 Å². The number of hydrogen-bond donors (Lipinski definition) is 0. The quantitative estimate of drug-likeness (QED) is 0.775. The highest BCUT2D eigenvalue weighted by Crippen LogP contribution is 2.24. The molecule has 0 radical (unpaired) electrons. The average molecular weight is 341 g/mol. The highest BCUT2D eigenvalue weighted by atomic mass is 16.2. The molecule has 1 unspecified atom stereocenters. The first-order valence-electron chi connectivity index (χ1n) is 8.42. The zero-order chi connectivity index (χ0) is 18.0. The van der Waals surface area contributed by atoms with Crippen LogP contribution in [-0.2, 0) is 7.05 Å². The molecule has 0 aromatic carbocycles. The van der Waals surface area contributed by atoms with Crippen molar-refractivity contribution in [2.45, 2.75) is 25.3 Å². The summed E-state index contributed by atoms with van der Waals surface area (Å²) in [6.07, 6.45) is 7.01. The van der Waals surface area contributed by atoms with Gasteiger partial charge in [-0.3, -0.25) is 19.3 Å². The molecule has 3 rings (SSSR count). The number of amides is 1. The molecule has 3 heterocycles. The van der Waals surface area contributed by atoms with E-state index in [1.165, 1.54) is 0 Å². The summed E-state index contributed by atoms with van der Waals surface area (Å²) in [5, 5.41) is 4.04. The van der Waals surface area contributed by atoms with Crippen LogP contribution >= 0.6 is 0 Å². The summed E-state index contributed by atoms with van der Waals surface area (Å²) in [7, 11) is 5.63. The molecule has 2 aromatic heterocycles. The van der Waals surface area contributed by atoms with Crippen LogP contribution in [0.15, 0.2) is 30.7 Å². The van der Waals surface area contributed by atoms with E-state index in [1.807, 2.05) is 25.1 Å². The van der Waals surface area contributed by atoms with E-state index in [1.54, 1.807) is 41.3 Å². The van der Waals surface area contributed by atoms with Crippen molar-refractivity contribution in [2.75, 3.05) is 25.5 Å². The lowest BCUT2D eigenvalue weighted by Crippen LogP contribution is -2.37. The second kappa shape index (κ2) is 7.04. The van der Waals surface area contributed by atoms with Gasteiger partial charge in [0.25, 0.3) is 5.91 Å². The van der Waals surface area contributed by atoms with Gasteiger partial charge in [0.1, 0.15) is 5.69 Å². The molecule has 1 saturated heterocycles. The second-order valence-electron chi connectivity index (χ2n) is 6.62. The summed E-state index contributed by atoms with van der Waals surface area (Å²) in [4.78, 5) is 33.3. The lowest BCUT2D eigenvalue weighted by Gasteiger charge is -2.24. The van der Waals surface area contributed by atoms with Gasteiger partial charge in [0, 0.05) is 58.2 Å². The summed E-state index contributed by atoms with van der Waals surface area (Å²) in [6.45, 7) is 0.664. The minimum Gasteiger partial charge on any atom is -0.378 e. The maximum Gasteiger partial charge on any atom is 0.272 e. The van der Waals surface area contributed by atoms with E-state index in [4.69, 9.17) is 0 Å². The van der Waals surface area contributed by atoms with Crippen LogP contribution in [-0.4, -0.2) is 58.0 Å². The van der Waals surface area contributed by atoms with Crippen molar-refractivity contribution in [1.29, 1.82) is 0 Å². The van der Waals surface area contributed by atoms with Gasteiger partial charge in [0.05, 0.1) is 11.8 Å². The molecule has 0 bridgehead atoms. The van der Waals surface area contributed by atoms with Crippen molar-refractivity contribution in [3.8, 4) is 0 Å². The Kier molecular flexibility index (Phi) is 4.83. The van der Waals surface area contributed by atoms with Gasteiger partial charge in [-0.15, -0.1) is 0 Å². The SMILES string of the molecule is CN(C)c1ccnc(C(=O)N2CCCC2CC(=O)c2cnn(C)c2)c1. The number of hydrogen-bond acceptors (Lipinski definition) is 5. The fourth-order valence-electron chi connectivity index (χ4n) is 3.17. The van der Waals surface area contributed by atoms with Crippen molar-refractivity contribution < 1.29 is 9.59 Å². The van der Waals surface area contributed by atoms with Gasteiger partial charge < -0.3 is 9.80 Å². The molecule has 1 amide bonds. The minimum atomic E-state index is -0.106. The summed E-state index contributed by atoms with van der Waals surface area (Å²) < 4.78 is 1.61. The normalized spacial score (nSPS) is 16.9. The van der Waals surface area contributed by atoms with Gasteiger partial charge in [-0.1, -0.05) is 0 Å². The van der Waals surface area contributed by atoms with E-state index < -0.39 is 0 Å². The topological polar surface area (TPSA) is 71.3 Å². The Balaban J connectivity index is 1.73. The lowest BCUT2D eigenvalue weighted by atomic mass is 10.0. The van der Waals surface area contributed by atoms with Gasteiger partial charge in [0.15, 0.2) is 5.78 Å². The number of Topliss-reactive ketones (excluding diaryl/α,β-unsaturated/α-hetero) is 1. The number of pyridine rings is 1. The second-order valence-corrected chi connectivity index (χ2v) is 6.62. The van der Waals surface area contributed by atoms with Crippen LogP contribution in [0.1, 0.15) is 40.1 Å². The van der Waals surface area contributed by atoms with E-state index in [-0.39, 0.29) is 17.7 Å². The van der Waals surface area contributed by atoms with Crippen LogP contribution in [0.4, 0.5) is 5.69 Å². The maximum absolute atomic E-state index is 12.9. The number of rotatable bonds is 5. The summed E-state index contributed by atoms with van der Waals surface area (Å²) in [5.74, 6) is -0.0852. The lowest BCUT2D eigenvalue weighted by molar-refractivity contribution is 0.0711. The number of anilines is 1. The van der Waals surface area contributed by atoms with Crippen LogP contribution in [0.2, 0.25) is 0 Å². The van der Waals surface area contributed by atoms with Crippen LogP contribution < -0.4 is 4.90 Å². The van der Waals surface area contributed by atoms with E-state index in [9.17, 15) is 9.59 Å². The monoisotopic (exact) mass is 341 g/mol. The minimum absolute atomic E-state index is 0.0211. The molecule has 2 aromatic rings. The van der Waals surface area contributed by atoms with Crippen LogP contribution in [0, 0.1) is 0 Å². The van der Waals surface area contributed by atoms with Crippen molar-refractivity contribution in [1.82, 2.24) is 19.7 Å². The Morgan fingerprint density at radius 3 is 2.84 bits per heavy atom. The van der Waals surface area contributed by atoms with Gasteiger partial charge >= 0.3 is 0 Å². The third kappa shape index (κ3) is 3.70. The average Bonchev–Trinajstić information content (AvgIpc) is 3.23. The first-order valence-corrected chi connectivity index (χ1v) is 8.42. The highest BCUT2D eigenvalue weighted by Gasteiger charge is 2.32. The number of likely N-dealkylation sites (tertiary alicyclic amines) is 1. The Bertz CT molecular complexity index is 783. The standard InChI is InChI=1S/C18H23N5O2/c1-21(2)14-6-7-19-16(9-14)18(25)23-8-4-5-15(23)10-17(24)13-11-20-22(3)12-13/h6-7,9,11-12,15H,4-5,8,10H2,1-3H3. The van der Waals surface area contributed by atoms with Gasteiger partial charge in [-0.05, 0) is 25.0 Å². The Hall–Kier alpha value is -2.70. The van der Waals surface area contributed by atoms with Gasteiger partial charge in [0.2, 0.25) is 0 Å². The number of aromatic nitrogens is 3. The molecule has 1 atom stereocenters. The molecule has 1 aliphatic heterocycles. The molecule has 7 nitrogen and oxygen atoms in total. The predicted molar refractivity (Wildman–Crippen MR) is 94.8 cm³/mol. The molecular weight excluding hydrogens is 318 g/mol. The Morgan fingerprint density at radius 2 is 2.16 bits per heavy atom. The predicted octanol–water partition coefficient (Wildman–Crippen LogP) is 1.76. The molecule has 0 aliphatic carbocycles. The molecule has 0 saturated carbocycles. The molecule has 132 valence electrons. The first-order chi connectivity index (χ1) is 12.0. The van der Waals surface area contributed by atoms with E-state index in [2.05, 4.69) is 10.1 Å². The molecule has 1 fully saturated rings. The van der Waals surface area contributed by atoms with Gasteiger partial charge in [-0.25, -0.2) is 0 Å². The molecule has 25 heavy (non-hydrogen) atoms. The molecular formula is C18H23N5O2. The summed E-state index contributed by atoms with van der Waals surface area (Å²) in [6, 6.07) is 3.58. The van der Waals surface area contributed by atoms with Crippen molar-refractivity contribution in [2.24, 2.45) is 7.05 Å². The zero-order valence-electron chi connectivity index (χ0n) is 14.8. The summed E-state index contributed by atoms with van der Waals surface area (Å²) >= 11 is 0. The first kappa shape index (κ1) is 17.1. The van der Waals surface area contributed by atoms with Gasteiger partial charge in [-0.2, -0.15) is 5.10 Å². The summed E-state index contributed by atoms with van der Waals surface area (Å²) in [5.41, 5.74) is 1.95. The smallest absolute Gasteiger partial charge is 0.272 e. The maximum atomic E-state index is 12.9. The van der Waals surface area contributed by atoms with Crippen LogP contribution in [0.3, 0.4) is 0 Å². The number of nitrogens with zero attached hydrogens (tertiary/aromatic N) is 5. The van der Waals surface area contributed by atoms with E-state index in [0.717, 1.165) is 18.5 Å². The number of carbonyl (C=O) groups is 2. The highest BCUT2D eigenvalue weighted by molar-refractivity contribution is 5.97. The van der Waals surface area contributed by atoms with E-state index in [0.29, 0.717) is 24.2 Å². The van der Waals surface area contributed by atoms with Crippen molar-refractivity contribution >= 4 is 17.4 Å². The Morgan fingerprint density at radius 1 is 1.36 bits per heavy atom. The number of ketones is 1.